The molecule has 1 aliphatic heterocycles. The van der Waals surface area contributed by atoms with E-state index >= 15 is 0 Å². The van der Waals surface area contributed by atoms with Gasteiger partial charge in [0.2, 0.25) is 0 Å². The lowest BCUT2D eigenvalue weighted by Crippen LogP contribution is -2.38. The molecule has 2 heteroatoms. The summed E-state index contributed by atoms with van der Waals surface area (Å²) in [5.74, 6) is 0.866. The van der Waals surface area contributed by atoms with Gasteiger partial charge in [-0.2, -0.15) is 0 Å². The Hall–Kier alpha value is -1.02. The molecule has 0 fully saturated rings. The maximum atomic E-state index is 10.4. The Balaban J connectivity index is 1.96. The van der Waals surface area contributed by atoms with Gasteiger partial charge in [-0.05, 0) is 38.8 Å². The number of fused-ring (bicyclic) bond motifs is 1. The molecule has 1 N–H and O–H groups in total. The molecule has 1 heterocycles. The molecule has 112 valence electrons. The van der Waals surface area contributed by atoms with Gasteiger partial charge < -0.3 is 9.84 Å². The molecular weight excluding hydrogens is 248 g/mol. The van der Waals surface area contributed by atoms with E-state index in [4.69, 9.17) is 4.74 Å². The molecule has 0 spiro atoms. The Morgan fingerprint density at radius 2 is 2.00 bits per heavy atom. The lowest BCUT2D eigenvalue weighted by Gasteiger charge is -2.38. The van der Waals surface area contributed by atoms with Gasteiger partial charge in [-0.3, -0.25) is 0 Å². The summed E-state index contributed by atoms with van der Waals surface area (Å²) < 4.78 is 6.19. The van der Waals surface area contributed by atoms with E-state index in [1.807, 2.05) is 12.1 Å². The normalized spacial score (nSPS) is 25.1. The van der Waals surface area contributed by atoms with E-state index in [0.717, 1.165) is 17.7 Å². The Morgan fingerprint density at radius 1 is 1.25 bits per heavy atom. The maximum Gasteiger partial charge on any atom is 0.125 e. The molecule has 0 saturated carbocycles. The monoisotopic (exact) mass is 276 g/mol. The zero-order valence-electron chi connectivity index (χ0n) is 13.1. The van der Waals surface area contributed by atoms with Crippen LogP contribution in [0.25, 0.3) is 0 Å². The van der Waals surface area contributed by atoms with Gasteiger partial charge >= 0.3 is 0 Å². The first-order chi connectivity index (χ1) is 9.54. The maximum absolute atomic E-state index is 10.4. The van der Waals surface area contributed by atoms with E-state index in [1.165, 1.54) is 37.7 Å². The van der Waals surface area contributed by atoms with Crippen LogP contribution in [-0.2, 0) is 0 Å². The molecule has 0 aliphatic carbocycles. The zero-order chi connectivity index (χ0) is 14.6. The number of aliphatic hydroxyl groups excluding tert-OH is 1. The van der Waals surface area contributed by atoms with Crippen molar-refractivity contribution in [1.82, 2.24) is 0 Å². The van der Waals surface area contributed by atoms with E-state index < -0.39 is 0 Å². The number of aryl methyl sites for hydroxylation is 1. The fourth-order valence-electron chi connectivity index (χ4n) is 3.10. The van der Waals surface area contributed by atoms with Crippen LogP contribution in [0, 0.1) is 6.92 Å². The third-order valence-electron chi connectivity index (χ3n) is 4.31. The highest BCUT2D eigenvalue weighted by Gasteiger charge is 2.35. The van der Waals surface area contributed by atoms with Crippen LogP contribution in [0.3, 0.4) is 0 Å². The average molecular weight is 276 g/mol. The second-order valence-corrected chi connectivity index (χ2v) is 6.48. The van der Waals surface area contributed by atoms with Crippen molar-refractivity contribution in [3.05, 3.63) is 29.3 Å². The van der Waals surface area contributed by atoms with E-state index in [1.54, 1.807) is 0 Å². The van der Waals surface area contributed by atoms with Crippen LogP contribution in [0.5, 0.6) is 5.75 Å². The molecule has 0 amide bonds. The van der Waals surface area contributed by atoms with Gasteiger partial charge in [0, 0.05) is 12.0 Å². The number of unbranched alkanes of at least 4 members (excludes halogenated alkanes) is 4. The summed E-state index contributed by atoms with van der Waals surface area (Å²) in [6, 6.07) is 6.10. The summed E-state index contributed by atoms with van der Waals surface area (Å²) in [5, 5.41) is 10.4. The van der Waals surface area contributed by atoms with Gasteiger partial charge in [0.15, 0.2) is 0 Å². The summed E-state index contributed by atoms with van der Waals surface area (Å²) in [7, 11) is 0. The molecule has 1 aromatic carbocycles. The second-order valence-electron chi connectivity index (χ2n) is 6.48. The van der Waals surface area contributed by atoms with E-state index in [0.29, 0.717) is 6.42 Å². The van der Waals surface area contributed by atoms with Crippen molar-refractivity contribution in [1.29, 1.82) is 0 Å². The molecular formula is C18H28O2. The lowest BCUT2D eigenvalue weighted by molar-refractivity contribution is -0.00853. The number of hydrogen-bond donors (Lipinski definition) is 1. The molecule has 0 saturated heterocycles. The van der Waals surface area contributed by atoms with Crippen molar-refractivity contribution in [3.63, 3.8) is 0 Å². The molecule has 0 radical (unpaired) electrons. The summed E-state index contributed by atoms with van der Waals surface area (Å²) in [6.07, 6.45) is 7.71. The Kier molecular flexibility index (Phi) is 5.09. The highest BCUT2D eigenvalue weighted by molar-refractivity contribution is 5.40. The third kappa shape index (κ3) is 3.76. The number of hydrogen-bond acceptors (Lipinski definition) is 2. The first-order valence-electron chi connectivity index (χ1n) is 8.02. The van der Waals surface area contributed by atoms with E-state index in [9.17, 15) is 5.11 Å². The summed E-state index contributed by atoms with van der Waals surface area (Å²) in [6.45, 7) is 6.42. The number of benzene rings is 1. The minimum atomic E-state index is -0.390. The van der Waals surface area contributed by atoms with Gasteiger partial charge in [-0.25, -0.2) is 0 Å². The fourth-order valence-corrected chi connectivity index (χ4v) is 3.10. The van der Waals surface area contributed by atoms with Crippen molar-refractivity contribution in [2.45, 2.75) is 77.4 Å². The quantitative estimate of drug-likeness (QED) is 0.746. The number of ether oxygens (including phenoxy) is 1. The van der Waals surface area contributed by atoms with Crippen LogP contribution >= 0.6 is 0 Å². The number of aliphatic hydroxyl groups is 1. The molecule has 1 aromatic rings. The first kappa shape index (κ1) is 15.4. The molecule has 0 aromatic heterocycles. The van der Waals surface area contributed by atoms with Crippen LogP contribution in [0.15, 0.2) is 18.2 Å². The molecule has 2 rings (SSSR count). The molecule has 0 bridgehead atoms. The minimum absolute atomic E-state index is 0.214. The van der Waals surface area contributed by atoms with E-state index in [2.05, 4.69) is 26.8 Å². The predicted octanol–water partition coefficient (Wildman–Crippen LogP) is 4.93. The predicted molar refractivity (Wildman–Crippen MR) is 83.2 cm³/mol. The smallest absolute Gasteiger partial charge is 0.125 e. The van der Waals surface area contributed by atoms with Crippen LogP contribution in [-0.4, -0.2) is 10.7 Å². The SMILES string of the molecule is CCCCCCCC1(C)C[C@H](O)c2cc(C)ccc2O1. The summed E-state index contributed by atoms with van der Waals surface area (Å²) in [4.78, 5) is 0. The van der Waals surface area contributed by atoms with Crippen molar-refractivity contribution >= 4 is 0 Å². The van der Waals surface area contributed by atoms with Gasteiger partial charge in [-0.1, -0.05) is 44.2 Å². The van der Waals surface area contributed by atoms with Crippen molar-refractivity contribution in [2.75, 3.05) is 0 Å². The van der Waals surface area contributed by atoms with Gasteiger partial charge in [0.05, 0.1) is 6.10 Å². The number of rotatable bonds is 6. The Bertz CT molecular complexity index is 441. The third-order valence-corrected chi connectivity index (χ3v) is 4.31. The van der Waals surface area contributed by atoms with Crippen LogP contribution in [0.1, 0.15) is 76.0 Å². The van der Waals surface area contributed by atoms with E-state index in [-0.39, 0.29) is 11.7 Å². The topological polar surface area (TPSA) is 29.5 Å². The summed E-state index contributed by atoms with van der Waals surface area (Å²) in [5.41, 5.74) is 1.91. The molecule has 20 heavy (non-hydrogen) atoms. The lowest BCUT2D eigenvalue weighted by atomic mass is 9.86. The fraction of sp³-hybridized carbons (Fsp3) is 0.667. The minimum Gasteiger partial charge on any atom is -0.487 e. The van der Waals surface area contributed by atoms with Gasteiger partial charge in [0.25, 0.3) is 0 Å². The second kappa shape index (κ2) is 6.62. The summed E-state index contributed by atoms with van der Waals surface area (Å²) >= 11 is 0. The van der Waals surface area contributed by atoms with Crippen molar-refractivity contribution in [2.24, 2.45) is 0 Å². The van der Waals surface area contributed by atoms with Gasteiger partial charge in [0.1, 0.15) is 11.4 Å². The Morgan fingerprint density at radius 3 is 2.75 bits per heavy atom. The van der Waals surface area contributed by atoms with Crippen LogP contribution in [0.2, 0.25) is 0 Å². The molecule has 1 aliphatic rings. The Labute approximate surface area is 123 Å². The zero-order valence-corrected chi connectivity index (χ0v) is 13.1. The average Bonchev–Trinajstić information content (AvgIpc) is 2.39. The van der Waals surface area contributed by atoms with Crippen molar-refractivity contribution in [3.8, 4) is 5.75 Å². The highest BCUT2D eigenvalue weighted by atomic mass is 16.5. The molecule has 1 unspecified atom stereocenters. The van der Waals surface area contributed by atoms with Crippen LogP contribution < -0.4 is 4.74 Å². The van der Waals surface area contributed by atoms with Crippen molar-refractivity contribution < 1.29 is 9.84 Å². The standard InChI is InChI=1S/C18H28O2/c1-4-5-6-7-8-11-18(3)13-16(19)15-12-14(2)9-10-17(15)20-18/h9-10,12,16,19H,4-8,11,13H2,1-3H3/t16-,18?/m0/s1. The largest absolute Gasteiger partial charge is 0.487 e. The van der Waals surface area contributed by atoms with Gasteiger partial charge in [-0.15, -0.1) is 0 Å². The first-order valence-corrected chi connectivity index (χ1v) is 8.02. The molecule has 2 atom stereocenters. The highest BCUT2D eigenvalue weighted by Crippen LogP contribution is 2.42. The van der Waals surface area contributed by atoms with Crippen LogP contribution in [0.4, 0.5) is 0 Å². The molecule has 2 nitrogen and oxygen atoms in total.